The molecule has 1 aliphatic carbocycles. The van der Waals surface area contributed by atoms with Gasteiger partial charge in [-0.3, -0.25) is 4.79 Å². The first-order valence-corrected chi connectivity index (χ1v) is 12.8. The first-order valence-electron chi connectivity index (χ1n) is 12.8. The van der Waals surface area contributed by atoms with Crippen LogP contribution >= 0.6 is 0 Å². The molecule has 8 heteroatoms. The number of ether oxygens (including phenoxy) is 3. The van der Waals surface area contributed by atoms with Crippen molar-refractivity contribution in [3.05, 3.63) is 18.2 Å². The van der Waals surface area contributed by atoms with E-state index in [1.54, 1.807) is 0 Å². The number of fused-ring (bicyclic) bond motifs is 1. The van der Waals surface area contributed by atoms with Crippen LogP contribution in [0.15, 0.2) is 22.7 Å². The predicted molar refractivity (Wildman–Crippen MR) is 126 cm³/mol. The molecule has 0 atom stereocenters. The van der Waals surface area contributed by atoms with E-state index in [0.717, 1.165) is 43.7 Å². The number of piperidine rings is 1. The number of carboxylic acid groups (broad SMARTS) is 1. The Morgan fingerprint density at radius 1 is 1.06 bits per heavy atom. The molecule has 2 aromatic rings. The molecule has 0 unspecified atom stereocenters. The zero-order valence-corrected chi connectivity index (χ0v) is 19.9. The Morgan fingerprint density at radius 2 is 1.76 bits per heavy atom. The van der Waals surface area contributed by atoms with Crippen LogP contribution in [0.5, 0.6) is 11.6 Å². The molecule has 3 fully saturated rings. The van der Waals surface area contributed by atoms with E-state index in [4.69, 9.17) is 18.7 Å². The standard InChI is InChI=1S/C26H36N2O6/c29-25(30)26(10-14-31-15-11-26)18-28-12-8-20(9-13-28)17-33-24-23-21(6-3-7-22(23)34-27-24)32-16-19-4-1-2-5-19/h3,6-7,19-20H,1-2,4-5,8-18H2,(H,29,30). The smallest absolute Gasteiger partial charge is 0.311 e. The van der Waals surface area contributed by atoms with Gasteiger partial charge >= 0.3 is 5.97 Å². The number of rotatable bonds is 9. The van der Waals surface area contributed by atoms with Crippen molar-refractivity contribution in [1.82, 2.24) is 10.1 Å². The highest BCUT2D eigenvalue weighted by Gasteiger charge is 2.42. The second kappa shape index (κ2) is 10.5. The van der Waals surface area contributed by atoms with Gasteiger partial charge in [-0.2, -0.15) is 0 Å². The first kappa shape index (κ1) is 23.4. The zero-order chi connectivity index (χ0) is 23.4. The number of carbonyl (C=O) groups is 1. The van der Waals surface area contributed by atoms with E-state index >= 15 is 0 Å². The van der Waals surface area contributed by atoms with Crippen molar-refractivity contribution in [3.63, 3.8) is 0 Å². The van der Waals surface area contributed by atoms with Crippen molar-refractivity contribution in [1.29, 1.82) is 0 Å². The van der Waals surface area contributed by atoms with Gasteiger partial charge < -0.3 is 28.7 Å². The summed E-state index contributed by atoms with van der Waals surface area (Å²) in [6, 6.07) is 5.79. The minimum atomic E-state index is -0.690. The molecule has 5 rings (SSSR count). The normalized spacial score (nSPS) is 22.2. The molecule has 0 bridgehead atoms. The van der Waals surface area contributed by atoms with Crippen LogP contribution in [0.1, 0.15) is 51.4 Å². The second-order valence-electron chi connectivity index (χ2n) is 10.3. The average molecular weight is 473 g/mol. The van der Waals surface area contributed by atoms with Gasteiger partial charge in [0.05, 0.1) is 18.6 Å². The highest BCUT2D eigenvalue weighted by molar-refractivity contribution is 5.88. The monoisotopic (exact) mass is 472 g/mol. The Bertz CT molecular complexity index is 955. The molecule has 1 saturated carbocycles. The van der Waals surface area contributed by atoms with Gasteiger partial charge in [-0.25, -0.2) is 0 Å². The predicted octanol–water partition coefficient (Wildman–Crippen LogP) is 4.37. The summed E-state index contributed by atoms with van der Waals surface area (Å²) in [5.41, 5.74) is 0.0139. The lowest BCUT2D eigenvalue weighted by atomic mass is 9.79. The minimum absolute atomic E-state index is 0.407. The third-order valence-electron chi connectivity index (χ3n) is 7.97. The minimum Gasteiger partial charge on any atom is -0.492 e. The molecule has 0 radical (unpaired) electrons. The SMILES string of the molecule is O=C(O)C1(CN2CCC(COc3noc4cccc(OCC5CCCC5)c34)CC2)CCOCC1. The Hall–Kier alpha value is -2.32. The number of carboxylic acids is 1. The molecule has 3 aliphatic rings. The summed E-state index contributed by atoms with van der Waals surface area (Å²) in [5, 5.41) is 14.8. The van der Waals surface area contributed by atoms with E-state index in [-0.39, 0.29) is 0 Å². The summed E-state index contributed by atoms with van der Waals surface area (Å²) in [5.74, 6) is 1.64. The summed E-state index contributed by atoms with van der Waals surface area (Å²) in [6.45, 7) is 4.76. The fourth-order valence-electron chi connectivity index (χ4n) is 5.68. The molecule has 186 valence electrons. The third-order valence-corrected chi connectivity index (χ3v) is 7.97. The number of likely N-dealkylation sites (tertiary alicyclic amines) is 1. The summed E-state index contributed by atoms with van der Waals surface area (Å²) >= 11 is 0. The van der Waals surface area contributed by atoms with Gasteiger partial charge in [0.25, 0.3) is 5.88 Å². The highest BCUT2D eigenvalue weighted by Crippen LogP contribution is 2.36. The fourth-order valence-corrected chi connectivity index (χ4v) is 5.68. The largest absolute Gasteiger partial charge is 0.492 e. The van der Waals surface area contributed by atoms with E-state index < -0.39 is 11.4 Å². The molecule has 0 spiro atoms. The topological polar surface area (TPSA) is 94.3 Å². The number of hydrogen-bond acceptors (Lipinski definition) is 7. The van der Waals surface area contributed by atoms with Crippen LogP contribution in [0.4, 0.5) is 0 Å². The summed E-state index contributed by atoms with van der Waals surface area (Å²) in [7, 11) is 0. The zero-order valence-electron chi connectivity index (χ0n) is 19.9. The van der Waals surface area contributed by atoms with Crippen molar-refractivity contribution in [2.24, 2.45) is 17.3 Å². The molecule has 2 saturated heterocycles. The molecular formula is C26H36N2O6. The van der Waals surface area contributed by atoms with Crippen LogP contribution in [0, 0.1) is 17.3 Å². The Morgan fingerprint density at radius 3 is 2.50 bits per heavy atom. The number of nitrogens with zero attached hydrogens (tertiary/aromatic N) is 2. The van der Waals surface area contributed by atoms with E-state index in [2.05, 4.69) is 10.1 Å². The Kier molecular flexibility index (Phi) is 7.25. The number of hydrogen-bond donors (Lipinski definition) is 1. The van der Waals surface area contributed by atoms with E-state index in [1.807, 2.05) is 18.2 Å². The third kappa shape index (κ3) is 5.18. The van der Waals surface area contributed by atoms with Crippen LogP contribution in [0.3, 0.4) is 0 Å². The molecule has 1 aromatic carbocycles. The van der Waals surface area contributed by atoms with Crippen LogP contribution in [-0.2, 0) is 9.53 Å². The number of aromatic nitrogens is 1. The van der Waals surface area contributed by atoms with Crippen molar-refractivity contribution < 1.29 is 28.6 Å². The molecular weight excluding hydrogens is 436 g/mol. The molecule has 8 nitrogen and oxygen atoms in total. The molecule has 1 N–H and O–H groups in total. The van der Waals surface area contributed by atoms with E-state index in [9.17, 15) is 9.90 Å². The molecule has 1 aromatic heterocycles. The number of benzene rings is 1. The van der Waals surface area contributed by atoms with Gasteiger partial charge in [0.2, 0.25) is 0 Å². The van der Waals surface area contributed by atoms with Gasteiger partial charge in [0.1, 0.15) is 11.1 Å². The quantitative estimate of drug-likeness (QED) is 0.575. The van der Waals surface area contributed by atoms with Crippen molar-refractivity contribution in [3.8, 4) is 11.6 Å². The molecule has 2 aliphatic heterocycles. The molecule has 0 amide bonds. The van der Waals surface area contributed by atoms with Crippen LogP contribution < -0.4 is 9.47 Å². The van der Waals surface area contributed by atoms with Crippen LogP contribution in [0.2, 0.25) is 0 Å². The summed E-state index contributed by atoms with van der Waals surface area (Å²) in [4.78, 5) is 14.3. The lowest BCUT2D eigenvalue weighted by Crippen LogP contribution is -2.49. The van der Waals surface area contributed by atoms with Gasteiger partial charge in [-0.1, -0.05) is 18.9 Å². The second-order valence-corrected chi connectivity index (χ2v) is 10.3. The van der Waals surface area contributed by atoms with E-state index in [1.165, 1.54) is 25.7 Å². The van der Waals surface area contributed by atoms with E-state index in [0.29, 0.717) is 62.5 Å². The van der Waals surface area contributed by atoms with Crippen molar-refractivity contribution in [2.75, 3.05) is 46.1 Å². The maximum Gasteiger partial charge on any atom is 0.311 e. The van der Waals surface area contributed by atoms with Gasteiger partial charge in [0.15, 0.2) is 5.58 Å². The highest BCUT2D eigenvalue weighted by atomic mass is 16.5. The van der Waals surface area contributed by atoms with Crippen molar-refractivity contribution >= 4 is 16.9 Å². The Balaban J connectivity index is 1.15. The van der Waals surface area contributed by atoms with Crippen LogP contribution in [-0.4, -0.2) is 67.2 Å². The number of aliphatic carboxylic acids is 1. The molecule has 3 heterocycles. The van der Waals surface area contributed by atoms with Gasteiger partial charge in [0, 0.05) is 19.8 Å². The summed E-state index contributed by atoms with van der Waals surface area (Å²) in [6.07, 6.45) is 8.21. The van der Waals surface area contributed by atoms with Gasteiger partial charge in [-0.05, 0) is 80.7 Å². The average Bonchev–Trinajstić information content (AvgIpc) is 3.53. The summed E-state index contributed by atoms with van der Waals surface area (Å²) < 4.78 is 23.2. The lowest BCUT2D eigenvalue weighted by molar-refractivity contribution is -0.157. The van der Waals surface area contributed by atoms with Crippen molar-refractivity contribution in [2.45, 2.75) is 51.4 Å². The maximum absolute atomic E-state index is 12.0. The van der Waals surface area contributed by atoms with Gasteiger partial charge in [-0.15, -0.1) is 0 Å². The molecule has 34 heavy (non-hydrogen) atoms. The maximum atomic E-state index is 12.0. The fraction of sp³-hybridized carbons (Fsp3) is 0.692. The van der Waals surface area contributed by atoms with Crippen LogP contribution in [0.25, 0.3) is 11.0 Å². The Labute approximate surface area is 200 Å². The first-order chi connectivity index (χ1) is 16.6. The lowest BCUT2D eigenvalue weighted by Gasteiger charge is -2.40.